The molecule has 2 amide bonds. The second-order valence-corrected chi connectivity index (χ2v) is 11.5. The SMILES string of the molecule is CC.CC(C)(C)OC(=O)NC(CC(=O)N1CCn2c(C(F)(F)F)nc(Br)c2C1)Cc1cc(F)c(P)cc1P. The molecule has 0 aliphatic carbocycles. The summed E-state index contributed by atoms with van der Waals surface area (Å²) in [5, 5.41) is 3.77. The van der Waals surface area contributed by atoms with Crippen molar-refractivity contribution >= 4 is 57.0 Å². The van der Waals surface area contributed by atoms with Gasteiger partial charge in [-0.1, -0.05) is 13.8 Å². The van der Waals surface area contributed by atoms with E-state index in [1.807, 2.05) is 13.8 Å². The fraction of sp³-hybridized carbons (Fsp3) is 0.542. The van der Waals surface area contributed by atoms with Crippen molar-refractivity contribution in [1.82, 2.24) is 19.8 Å². The van der Waals surface area contributed by atoms with Crippen LogP contribution in [0.1, 0.15) is 58.1 Å². The van der Waals surface area contributed by atoms with Crippen LogP contribution in [0, 0.1) is 5.82 Å². The molecule has 1 aliphatic rings. The van der Waals surface area contributed by atoms with Crippen LogP contribution in [0.3, 0.4) is 0 Å². The van der Waals surface area contributed by atoms with Crippen molar-refractivity contribution in [3.05, 3.63) is 39.6 Å². The molecule has 0 fully saturated rings. The molecule has 3 rings (SSSR count). The first kappa shape index (κ1) is 32.4. The molecule has 0 spiro atoms. The third-order valence-electron chi connectivity index (χ3n) is 5.43. The number of nitrogens with one attached hydrogen (secondary N) is 1. The summed E-state index contributed by atoms with van der Waals surface area (Å²) in [7, 11) is 4.80. The van der Waals surface area contributed by atoms with Crippen LogP contribution in [0.5, 0.6) is 0 Å². The Hall–Kier alpha value is -1.77. The van der Waals surface area contributed by atoms with E-state index in [1.165, 1.54) is 11.0 Å². The number of carbonyl (C=O) groups is 2. The number of ether oxygens (including phenoxy) is 1. The average molecular weight is 643 g/mol. The Morgan fingerprint density at radius 1 is 1.16 bits per heavy atom. The standard InChI is InChI=1S/C22H27BrF4N4O3P2.C2H6/c1-21(2,3)34-20(33)28-12(6-11-7-13(24)16(36)9-15(11)35)8-17(32)30-4-5-31-14(10-30)18(23)29-19(31)22(25,26)27;1-2/h7,9,12H,4-6,8,10,35-36H2,1-3H3,(H,28,33);1-2H3. The number of carbonyl (C=O) groups excluding carboxylic acids is 2. The predicted octanol–water partition coefficient (Wildman–Crippen LogP) is 4.70. The van der Waals surface area contributed by atoms with Gasteiger partial charge in [0.1, 0.15) is 16.0 Å². The lowest BCUT2D eigenvalue weighted by atomic mass is 10.0. The number of amides is 2. The molecule has 212 valence electrons. The van der Waals surface area contributed by atoms with Gasteiger partial charge in [-0.05, 0) is 66.1 Å². The Labute approximate surface area is 233 Å². The summed E-state index contributed by atoms with van der Waals surface area (Å²) in [5.41, 5.74) is 0.0431. The van der Waals surface area contributed by atoms with Gasteiger partial charge in [-0.3, -0.25) is 4.79 Å². The molecule has 1 aromatic carbocycles. The highest BCUT2D eigenvalue weighted by Crippen LogP contribution is 2.34. The molecular formula is C24H33BrF4N4O3P2. The van der Waals surface area contributed by atoms with E-state index in [2.05, 4.69) is 44.7 Å². The summed E-state index contributed by atoms with van der Waals surface area (Å²) in [6.45, 7) is 8.99. The van der Waals surface area contributed by atoms with E-state index in [0.717, 1.165) is 4.57 Å². The molecule has 0 saturated heterocycles. The molecule has 38 heavy (non-hydrogen) atoms. The van der Waals surface area contributed by atoms with Gasteiger partial charge in [0.25, 0.3) is 0 Å². The number of benzene rings is 1. The van der Waals surface area contributed by atoms with Crippen molar-refractivity contribution in [2.75, 3.05) is 6.54 Å². The van der Waals surface area contributed by atoms with E-state index >= 15 is 0 Å². The second-order valence-electron chi connectivity index (χ2n) is 9.46. The highest BCUT2D eigenvalue weighted by Gasteiger charge is 2.40. The summed E-state index contributed by atoms with van der Waals surface area (Å²) in [4.78, 5) is 30.6. The van der Waals surface area contributed by atoms with Gasteiger partial charge in [0.05, 0.1) is 12.2 Å². The summed E-state index contributed by atoms with van der Waals surface area (Å²) in [5.74, 6) is -1.84. The molecule has 3 unspecified atom stereocenters. The van der Waals surface area contributed by atoms with Gasteiger partial charge < -0.3 is 19.5 Å². The molecule has 1 N–H and O–H groups in total. The molecule has 0 bridgehead atoms. The lowest BCUT2D eigenvalue weighted by Crippen LogP contribution is -2.45. The van der Waals surface area contributed by atoms with Gasteiger partial charge >= 0.3 is 12.3 Å². The number of alkyl halides is 3. The van der Waals surface area contributed by atoms with E-state index in [0.29, 0.717) is 16.2 Å². The van der Waals surface area contributed by atoms with Crippen LogP contribution in [0.2, 0.25) is 0 Å². The van der Waals surface area contributed by atoms with E-state index < -0.39 is 35.6 Å². The number of nitrogens with zero attached hydrogens (tertiary/aromatic N) is 3. The number of halogens is 5. The largest absolute Gasteiger partial charge is 0.449 e. The van der Waals surface area contributed by atoms with Crippen LogP contribution < -0.4 is 15.9 Å². The van der Waals surface area contributed by atoms with Gasteiger partial charge in [-0.25, -0.2) is 14.2 Å². The molecule has 1 aliphatic heterocycles. The van der Waals surface area contributed by atoms with Crippen molar-refractivity contribution in [2.45, 2.75) is 78.4 Å². The third-order valence-corrected chi connectivity index (χ3v) is 7.05. The lowest BCUT2D eigenvalue weighted by molar-refractivity contribution is -0.148. The average Bonchev–Trinajstić information content (AvgIpc) is 3.14. The van der Waals surface area contributed by atoms with Crippen molar-refractivity contribution in [3.8, 4) is 0 Å². The van der Waals surface area contributed by atoms with Crippen molar-refractivity contribution in [1.29, 1.82) is 0 Å². The van der Waals surface area contributed by atoms with Crippen LogP contribution >= 0.6 is 34.4 Å². The molecule has 7 nitrogen and oxygen atoms in total. The predicted molar refractivity (Wildman–Crippen MR) is 148 cm³/mol. The Morgan fingerprint density at radius 2 is 1.79 bits per heavy atom. The zero-order valence-electron chi connectivity index (χ0n) is 21.9. The normalized spacial score (nSPS) is 14.3. The first-order valence-corrected chi connectivity index (χ1v) is 13.9. The van der Waals surface area contributed by atoms with E-state index in [1.54, 1.807) is 26.8 Å². The Balaban J connectivity index is 0.00000247. The zero-order valence-corrected chi connectivity index (χ0v) is 25.8. The number of alkyl carbamates (subject to hydrolysis) is 1. The van der Waals surface area contributed by atoms with Crippen molar-refractivity contribution in [2.24, 2.45) is 0 Å². The summed E-state index contributed by atoms with van der Waals surface area (Å²) >= 11 is 3.07. The highest BCUT2D eigenvalue weighted by molar-refractivity contribution is 9.10. The number of imidazole rings is 1. The minimum atomic E-state index is -4.62. The van der Waals surface area contributed by atoms with Gasteiger partial charge in [0.15, 0.2) is 0 Å². The van der Waals surface area contributed by atoms with Crippen LogP contribution in [0.4, 0.5) is 22.4 Å². The topological polar surface area (TPSA) is 76.5 Å². The quantitative estimate of drug-likeness (QED) is 0.379. The van der Waals surface area contributed by atoms with Crippen molar-refractivity contribution < 1.29 is 31.9 Å². The van der Waals surface area contributed by atoms with Crippen LogP contribution in [-0.2, 0) is 35.2 Å². The molecule has 2 aromatic rings. The molecule has 3 atom stereocenters. The second kappa shape index (κ2) is 13.1. The van der Waals surface area contributed by atoms with Crippen LogP contribution in [-0.4, -0.2) is 44.6 Å². The number of hydrogen-bond donors (Lipinski definition) is 1. The Bertz CT molecular complexity index is 1170. The molecule has 2 heterocycles. The maximum absolute atomic E-state index is 14.2. The van der Waals surface area contributed by atoms with Gasteiger partial charge in [0, 0.05) is 30.9 Å². The summed E-state index contributed by atoms with van der Waals surface area (Å²) in [6.07, 6.45) is -5.37. The number of hydrogen-bond acceptors (Lipinski definition) is 4. The molecular weight excluding hydrogens is 610 g/mol. The van der Waals surface area contributed by atoms with Crippen LogP contribution in [0.15, 0.2) is 16.7 Å². The van der Waals surface area contributed by atoms with E-state index in [4.69, 9.17) is 4.74 Å². The van der Waals surface area contributed by atoms with Gasteiger partial charge in [-0.2, -0.15) is 13.2 Å². The van der Waals surface area contributed by atoms with Crippen LogP contribution in [0.25, 0.3) is 0 Å². The van der Waals surface area contributed by atoms with Gasteiger partial charge in [0.2, 0.25) is 11.7 Å². The molecule has 1 aromatic heterocycles. The summed E-state index contributed by atoms with van der Waals surface area (Å²) in [6, 6.07) is 2.21. The molecule has 0 saturated carbocycles. The Morgan fingerprint density at radius 3 is 2.37 bits per heavy atom. The number of aromatic nitrogens is 2. The Kier molecular flexibility index (Phi) is 11.1. The smallest absolute Gasteiger partial charge is 0.444 e. The third kappa shape index (κ3) is 8.62. The molecule has 14 heteroatoms. The number of fused-ring (bicyclic) bond motifs is 1. The minimum absolute atomic E-state index is 0.0244. The first-order valence-electron chi connectivity index (χ1n) is 12.0. The van der Waals surface area contributed by atoms with E-state index in [-0.39, 0.29) is 48.7 Å². The first-order chi connectivity index (χ1) is 17.5. The highest BCUT2D eigenvalue weighted by atomic mass is 79.9. The minimum Gasteiger partial charge on any atom is -0.444 e. The van der Waals surface area contributed by atoms with E-state index in [9.17, 15) is 27.2 Å². The van der Waals surface area contributed by atoms with Gasteiger partial charge in [-0.15, -0.1) is 18.5 Å². The van der Waals surface area contributed by atoms with Crippen molar-refractivity contribution in [3.63, 3.8) is 0 Å². The fourth-order valence-electron chi connectivity index (χ4n) is 3.84. The summed E-state index contributed by atoms with van der Waals surface area (Å²) < 4.78 is 60.4. The number of rotatable bonds is 5. The lowest BCUT2D eigenvalue weighted by Gasteiger charge is -2.31. The fourth-order valence-corrected chi connectivity index (χ4v) is 5.18. The maximum atomic E-state index is 14.2. The maximum Gasteiger partial charge on any atom is 0.449 e. The monoisotopic (exact) mass is 642 g/mol. The molecule has 0 radical (unpaired) electrons. The zero-order chi connectivity index (χ0) is 29.0.